The summed E-state index contributed by atoms with van der Waals surface area (Å²) in [6.07, 6.45) is -0.182. The molecular weight excluding hydrogens is 316 g/mol. The molecule has 21 heavy (non-hydrogen) atoms. The molecule has 1 heterocycles. The summed E-state index contributed by atoms with van der Waals surface area (Å²) in [5.74, 6) is -0.270. The van der Waals surface area contributed by atoms with Gasteiger partial charge in [-0.3, -0.25) is 4.79 Å². The molecule has 0 aliphatic carbocycles. The van der Waals surface area contributed by atoms with E-state index in [1.165, 1.54) is 13.2 Å². The molecule has 0 fully saturated rings. The lowest BCUT2D eigenvalue weighted by molar-refractivity contribution is -0.121. The minimum atomic E-state index is -3.52. The summed E-state index contributed by atoms with van der Waals surface area (Å²) in [6, 6.07) is 3.15. The molecular formula is C12H20N2O5S2. The topological polar surface area (TPSA) is 105 Å². The summed E-state index contributed by atoms with van der Waals surface area (Å²) in [6.45, 7) is 0.574. The van der Waals surface area contributed by atoms with Crippen LogP contribution in [0.2, 0.25) is 0 Å². The van der Waals surface area contributed by atoms with Gasteiger partial charge in [0.2, 0.25) is 15.9 Å². The number of aliphatic hydroxyl groups excluding tert-OH is 1. The van der Waals surface area contributed by atoms with E-state index < -0.39 is 16.1 Å². The number of aliphatic hydroxyl groups is 1. The predicted octanol–water partition coefficient (Wildman–Crippen LogP) is -0.0699. The average Bonchev–Trinajstić information content (AvgIpc) is 2.93. The fourth-order valence-corrected chi connectivity index (χ4v) is 3.60. The maximum atomic E-state index is 11.8. The Morgan fingerprint density at radius 1 is 1.48 bits per heavy atom. The summed E-state index contributed by atoms with van der Waals surface area (Å²) in [5, 5.41) is 13.7. The van der Waals surface area contributed by atoms with Crippen molar-refractivity contribution in [3.63, 3.8) is 0 Å². The van der Waals surface area contributed by atoms with Gasteiger partial charge >= 0.3 is 0 Å². The molecule has 0 aliphatic rings. The number of carbonyl (C=O) groups excluding carboxylic acids is 1. The fraction of sp³-hybridized carbons (Fsp3) is 0.583. The summed E-state index contributed by atoms with van der Waals surface area (Å²) < 4.78 is 30.9. The second-order valence-electron chi connectivity index (χ2n) is 4.33. The molecule has 9 heteroatoms. The van der Waals surface area contributed by atoms with Crippen molar-refractivity contribution in [1.82, 2.24) is 10.0 Å². The summed E-state index contributed by atoms with van der Waals surface area (Å²) >= 11 is 1.12. The highest BCUT2D eigenvalue weighted by atomic mass is 32.2. The van der Waals surface area contributed by atoms with Crippen LogP contribution in [0, 0.1) is 0 Å². The quantitative estimate of drug-likeness (QED) is 0.555. The molecule has 1 atom stereocenters. The summed E-state index contributed by atoms with van der Waals surface area (Å²) in [7, 11) is -2.03. The number of hydrogen-bond acceptors (Lipinski definition) is 6. The van der Waals surface area contributed by atoms with Gasteiger partial charge in [0.15, 0.2) is 0 Å². The van der Waals surface area contributed by atoms with Crippen LogP contribution in [0.25, 0.3) is 0 Å². The van der Waals surface area contributed by atoms with Crippen LogP contribution >= 0.6 is 11.3 Å². The minimum Gasteiger partial charge on any atom is -0.391 e. The highest BCUT2D eigenvalue weighted by Crippen LogP contribution is 2.14. The molecule has 120 valence electrons. The first-order valence-electron chi connectivity index (χ1n) is 6.42. The van der Waals surface area contributed by atoms with Gasteiger partial charge in [-0.05, 0) is 17.9 Å². The van der Waals surface area contributed by atoms with Crippen molar-refractivity contribution in [2.45, 2.75) is 23.2 Å². The Labute approximate surface area is 128 Å². The average molecular weight is 336 g/mol. The molecule has 1 aromatic rings. The molecule has 1 unspecified atom stereocenters. The standard InChI is InChI=1S/C12H20N2O5S2/c1-19-9-10(15)4-6-13-11(16)5-7-14-21(17,18)12-3-2-8-20-12/h2-3,8,10,14-15H,4-7,9H2,1H3,(H,13,16). The van der Waals surface area contributed by atoms with Crippen molar-refractivity contribution in [3.8, 4) is 0 Å². The van der Waals surface area contributed by atoms with Gasteiger partial charge in [-0.1, -0.05) is 6.07 Å². The van der Waals surface area contributed by atoms with Gasteiger partial charge in [-0.2, -0.15) is 0 Å². The van der Waals surface area contributed by atoms with E-state index in [9.17, 15) is 18.3 Å². The lowest BCUT2D eigenvalue weighted by atomic mass is 10.2. The van der Waals surface area contributed by atoms with Crippen molar-refractivity contribution in [1.29, 1.82) is 0 Å². The molecule has 0 saturated carbocycles. The van der Waals surface area contributed by atoms with Crippen LogP contribution < -0.4 is 10.0 Å². The number of nitrogens with one attached hydrogen (secondary N) is 2. The molecule has 3 N–H and O–H groups in total. The highest BCUT2D eigenvalue weighted by molar-refractivity contribution is 7.91. The molecule has 0 aliphatic heterocycles. The van der Waals surface area contributed by atoms with E-state index in [1.54, 1.807) is 11.4 Å². The molecule has 0 radical (unpaired) electrons. The van der Waals surface area contributed by atoms with Gasteiger partial charge in [0.1, 0.15) is 4.21 Å². The van der Waals surface area contributed by atoms with E-state index in [-0.39, 0.29) is 29.7 Å². The third kappa shape index (κ3) is 7.00. The zero-order chi connectivity index (χ0) is 15.7. The van der Waals surface area contributed by atoms with Gasteiger partial charge in [-0.25, -0.2) is 13.1 Å². The monoisotopic (exact) mass is 336 g/mol. The third-order valence-corrected chi connectivity index (χ3v) is 5.42. The first kappa shape index (κ1) is 18.1. The highest BCUT2D eigenvalue weighted by Gasteiger charge is 2.14. The normalized spacial score (nSPS) is 13.0. The molecule has 0 saturated heterocycles. The predicted molar refractivity (Wildman–Crippen MR) is 79.6 cm³/mol. The van der Waals surface area contributed by atoms with Crippen LogP contribution in [0.4, 0.5) is 0 Å². The number of thiophene rings is 1. The zero-order valence-corrected chi connectivity index (χ0v) is 13.4. The molecule has 1 aromatic heterocycles. The van der Waals surface area contributed by atoms with Crippen LogP contribution in [0.3, 0.4) is 0 Å². The van der Waals surface area contributed by atoms with E-state index in [0.717, 1.165) is 11.3 Å². The Morgan fingerprint density at radius 2 is 2.24 bits per heavy atom. The summed E-state index contributed by atoms with van der Waals surface area (Å²) in [4.78, 5) is 11.5. The van der Waals surface area contributed by atoms with Crippen LogP contribution in [0.5, 0.6) is 0 Å². The van der Waals surface area contributed by atoms with Crippen molar-refractivity contribution in [2.24, 2.45) is 0 Å². The molecule has 0 aromatic carbocycles. The fourth-order valence-electron chi connectivity index (χ4n) is 1.53. The zero-order valence-electron chi connectivity index (χ0n) is 11.7. The second-order valence-corrected chi connectivity index (χ2v) is 7.27. The van der Waals surface area contributed by atoms with Gasteiger partial charge in [0, 0.05) is 26.6 Å². The maximum Gasteiger partial charge on any atom is 0.250 e. The van der Waals surface area contributed by atoms with E-state index in [4.69, 9.17) is 4.74 Å². The van der Waals surface area contributed by atoms with Crippen LogP contribution in [0.15, 0.2) is 21.7 Å². The third-order valence-electron chi connectivity index (χ3n) is 2.56. The number of ether oxygens (including phenoxy) is 1. The van der Waals surface area contributed by atoms with Crippen molar-refractivity contribution in [2.75, 3.05) is 26.8 Å². The number of rotatable bonds is 10. The Bertz CT molecular complexity index is 516. The van der Waals surface area contributed by atoms with Gasteiger partial charge in [0.25, 0.3) is 0 Å². The van der Waals surface area contributed by atoms with Crippen molar-refractivity contribution in [3.05, 3.63) is 17.5 Å². The van der Waals surface area contributed by atoms with Gasteiger partial charge in [-0.15, -0.1) is 11.3 Å². The molecule has 1 rings (SSSR count). The van der Waals surface area contributed by atoms with Crippen LogP contribution in [-0.4, -0.2) is 52.3 Å². The van der Waals surface area contributed by atoms with E-state index in [0.29, 0.717) is 13.0 Å². The Morgan fingerprint density at radius 3 is 2.86 bits per heavy atom. The molecule has 0 bridgehead atoms. The number of methoxy groups -OCH3 is 1. The Hall–Kier alpha value is -1.00. The minimum absolute atomic E-state index is 0.0344. The van der Waals surface area contributed by atoms with Crippen molar-refractivity contribution >= 4 is 27.3 Å². The van der Waals surface area contributed by atoms with E-state index in [1.807, 2.05) is 0 Å². The number of sulfonamides is 1. The van der Waals surface area contributed by atoms with E-state index in [2.05, 4.69) is 10.0 Å². The second kappa shape index (κ2) is 9.11. The SMILES string of the molecule is COCC(O)CCNC(=O)CCNS(=O)(=O)c1cccs1. The van der Waals surface area contributed by atoms with Crippen LogP contribution in [-0.2, 0) is 19.6 Å². The lowest BCUT2D eigenvalue weighted by Crippen LogP contribution is -2.32. The molecule has 7 nitrogen and oxygen atoms in total. The van der Waals surface area contributed by atoms with Crippen LogP contribution in [0.1, 0.15) is 12.8 Å². The number of hydrogen-bond donors (Lipinski definition) is 3. The van der Waals surface area contributed by atoms with E-state index >= 15 is 0 Å². The summed E-state index contributed by atoms with van der Waals surface area (Å²) in [5.41, 5.74) is 0. The maximum absolute atomic E-state index is 11.8. The van der Waals surface area contributed by atoms with Gasteiger partial charge < -0.3 is 15.2 Å². The number of amides is 1. The first-order chi connectivity index (χ1) is 9.95. The number of carbonyl (C=O) groups is 1. The molecule has 0 spiro atoms. The smallest absolute Gasteiger partial charge is 0.250 e. The molecule has 1 amide bonds. The van der Waals surface area contributed by atoms with Gasteiger partial charge in [0.05, 0.1) is 12.7 Å². The first-order valence-corrected chi connectivity index (χ1v) is 8.79. The Balaban J connectivity index is 2.19. The van der Waals surface area contributed by atoms with Crippen molar-refractivity contribution < 1.29 is 23.1 Å². The lowest BCUT2D eigenvalue weighted by Gasteiger charge is -2.10. The largest absolute Gasteiger partial charge is 0.391 e. The Kier molecular flexibility index (Phi) is 7.83.